The standard InChI is InChI=1S/C18H35BrO2/c1-2-3-4-5-6-7-8-9-10-11-14-17-21-18(20)15-12-13-16-19/h2-17H2,1H3. The van der Waals surface area contributed by atoms with E-state index in [0.717, 1.165) is 24.6 Å². The lowest BCUT2D eigenvalue weighted by Crippen LogP contribution is -2.05. The van der Waals surface area contributed by atoms with Crippen molar-refractivity contribution in [1.82, 2.24) is 0 Å². The number of hydrogen-bond donors (Lipinski definition) is 0. The van der Waals surface area contributed by atoms with E-state index >= 15 is 0 Å². The monoisotopic (exact) mass is 362 g/mol. The van der Waals surface area contributed by atoms with Crippen molar-refractivity contribution in [1.29, 1.82) is 0 Å². The molecule has 0 aromatic rings. The zero-order valence-corrected chi connectivity index (χ0v) is 15.6. The maximum atomic E-state index is 11.4. The molecule has 21 heavy (non-hydrogen) atoms. The minimum Gasteiger partial charge on any atom is -0.466 e. The van der Waals surface area contributed by atoms with E-state index in [1.54, 1.807) is 0 Å². The highest BCUT2D eigenvalue weighted by Crippen LogP contribution is 2.11. The van der Waals surface area contributed by atoms with Crippen LogP contribution in [-0.4, -0.2) is 17.9 Å². The number of hydrogen-bond acceptors (Lipinski definition) is 2. The fraction of sp³-hybridized carbons (Fsp3) is 0.944. The van der Waals surface area contributed by atoms with Gasteiger partial charge < -0.3 is 4.74 Å². The first-order valence-electron chi connectivity index (χ1n) is 9.02. The van der Waals surface area contributed by atoms with Gasteiger partial charge in [-0.3, -0.25) is 4.79 Å². The second-order valence-electron chi connectivity index (χ2n) is 5.90. The Morgan fingerprint density at radius 2 is 1.29 bits per heavy atom. The summed E-state index contributed by atoms with van der Waals surface area (Å²) in [6.45, 7) is 2.88. The van der Waals surface area contributed by atoms with Gasteiger partial charge in [0.15, 0.2) is 0 Å². The first-order chi connectivity index (χ1) is 10.3. The van der Waals surface area contributed by atoms with E-state index in [-0.39, 0.29) is 5.97 Å². The maximum Gasteiger partial charge on any atom is 0.305 e. The Kier molecular flexibility index (Phi) is 18.0. The number of alkyl halides is 1. The molecule has 0 saturated carbocycles. The van der Waals surface area contributed by atoms with Crippen LogP contribution in [-0.2, 0) is 9.53 Å². The molecule has 0 aliphatic carbocycles. The maximum absolute atomic E-state index is 11.4. The molecule has 0 spiro atoms. The number of carbonyl (C=O) groups excluding carboxylic acids is 1. The van der Waals surface area contributed by atoms with E-state index in [1.807, 2.05) is 0 Å². The molecule has 0 atom stereocenters. The first kappa shape index (κ1) is 20.9. The molecule has 0 aromatic carbocycles. The first-order valence-corrected chi connectivity index (χ1v) is 10.1. The molecular formula is C18H35BrO2. The number of rotatable bonds is 16. The minimum atomic E-state index is -0.0250. The normalized spacial score (nSPS) is 10.8. The smallest absolute Gasteiger partial charge is 0.305 e. The summed E-state index contributed by atoms with van der Waals surface area (Å²) >= 11 is 3.36. The molecule has 0 aliphatic heterocycles. The van der Waals surface area contributed by atoms with Crippen LogP contribution in [0.2, 0.25) is 0 Å². The molecule has 0 aromatic heterocycles. The molecule has 0 amide bonds. The summed E-state index contributed by atoms with van der Waals surface area (Å²) in [4.78, 5) is 11.4. The van der Waals surface area contributed by atoms with Gasteiger partial charge in [0.05, 0.1) is 6.61 Å². The summed E-state index contributed by atoms with van der Waals surface area (Å²) in [6, 6.07) is 0. The van der Waals surface area contributed by atoms with Crippen LogP contribution in [0.4, 0.5) is 0 Å². The van der Waals surface area contributed by atoms with Crippen LogP contribution in [0.1, 0.15) is 96.8 Å². The molecule has 126 valence electrons. The lowest BCUT2D eigenvalue weighted by molar-refractivity contribution is -0.143. The zero-order chi connectivity index (χ0) is 15.6. The van der Waals surface area contributed by atoms with Gasteiger partial charge in [-0.1, -0.05) is 87.1 Å². The van der Waals surface area contributed by atoms with Crippen LogP contribution in [0.3, 0.4) is 0 Å². The average Bonchev–Trinajstić information content (AvgIpc) is 2.48. The van der Waals surface area contributed by atoms with Gasteiger partial charge in [-0.05, 0) is 19.3 Å². The van der Waals surface area contributed by atoms with Crippen LogP contribution in [0, 0.1) is 0 Å². The number of esters is 1. The number of carbonyl (C=O) groups is 1. The van der Waals surface area contributed by atoms with Crippen LogP contribution in [0.15, 0.2) is 0 Å². The van der Waals surface area contributed by atoms with Gasteiger partial charge in [-0.2, -0.15) is 0 Å². The van der Waals surface area contributed by atoms with E-state index < -0.39 is 0 Å². The molecular weight excluding hydrogens is 328 g/mol. The molecule has 0 bridgehead atoms. The Morgan fingerprint density at radius 3 is 1.81 bits per heavy atom. The van der Waals surface area contributed by atoms with Gasteiger partial charge in [0, 0.05) is 11.8 Å². The molecule has 0 unspecified atom stereocenters. The lowest BCUT2D eigenvalue weighted by Gasteiger charge is -2.05. The van der Waals surface area contributed by atoms with Gasteiger partial charge in [0.2, 0.25) is 0 Å². The van der Waals surface area contributed by atoms with Crippen LogP contribution in [0.25, 0.3) is 0 Å². The van der Waals surface area contributed by atoms with Gasteiger partial charge in [-0.25, -0.2) is 0 Å². The Morgan fingerprint density at radius 1 is 0.762 bits per heavy atom. The zero-order valence-electron chi connectivity index (χ0n) is 14.0. The highest BCUT2D eigenvalue weighted by molar-refractivity contribution is 9.09. The van der Waals surface area contributed by atoms with Crippen LogP contribution < -0.4 is 0 Å². The minimum absolute atomic E-state index is 0.0250. The van der Waals surface area contributed by atoms with E-state index in [0.29, 0.717) is 13.0 Å². The average molecular weight is 363 g/mol. The second-order valence-corrected chi connectivity index (χ2v) is 6.70. The topological polar surface area (TPSA) is 26.3 Å². The van der Waals surface area contributed by atoms with Crippen LogP contribution in [0.5, 0.6) is 0 Å². The van der Waals surface area contributed by atoms with E-state index in [4.69, 9.17) is 4.74 Å². The van der Waals surface area contributed by atoms with Crippen molar-refractivity contribution in [2.75, 3.05) is 11.9 Å². The third-order valence-electron chi connectivity index (χ3n) is 3.78. The van der Waals surface area contributed by atoms with Crippen LogP contribution >= 0.6 is 15.9 Å². The highest BCUT2D eigenvalue weighted by Gasteiger charge is 2.01. The summed E-state index contributed by atoms with van der Waals surface area (Å²) in [5, 5.41) is 0.971. The largest absolute Gasteiger partial charge is 0.466 e. The fourth-order valence-electron chi connectivity index (χ4n) is 2.39. The molecule has 3 heteroatoms. The fourth-order valence-corrected chi connectivity index (χ4v) is 2.78. The number of unbranched alkanes of at least 4 members (excludes halogenated alkanes) is 11. The van der Waals surface area contributed by atoms with Gasteiger partial charge >= 0.3 is 5.97 Å². The predicted octanol–water partition coefficient (Wildman–Crippen LogP) is 6.41. The van der Waals surface area contributed by atoms with Crippen molar-refractivity contribution in [2.45, 2.75) is 96.8 Å². The third-order valence-corrected chi connectivity index (χ3v) is 4.34. The Hall–Kier alpha value is -0.0500. The molecule has 0 rings (SSSR count). The quantitative estimate of drug-likeness (QED) is 0.180. The van der Waals surface area contributed by atoms with Gasteiger partial charge in [-0.15, -0.1) is 0 Å². The predicted molar refractivity (Wildman–Crippen MR) is 95.1 cm³/mol. The Balaban J connectivity index is 3.06. The van der Waals surface area contributed by atoms with Crippen molar-refractivity contribution < 1.29 is 9.53 Å². The third kappa shape index (κ3) is 17.9. The number of halogens is 1. The molecule has 0 radical (unpaired) electrons. The molecule has 0 heterocycles. The van der Waals surface area contributed by atoms with Crippen molar-refractivity contribution in [2.24, 2.45) is 0 Å². The molecule has 0 fully saturated rings. The van der Waals surface area contributed by atoms with Crippen molar-refractivity contribution >= 4 is 21.9 Å². The summed E-state index contributed by atoms with van der Waals surface area (Å²) in [5.41, 5.74) is 0. The second kappa shape index (κ2) is 18.0. The van der Waals surface area contributed by atoms with Crippen molar-refractivity contribution in [3.8, 4) is 0 Å². The highest BCUT2D eigenvalue weighted by atomic mass is 79.9. The van der Waals surface area contributed by atoms with Crippen molar-refractivity contribution in [3.05, 3.63) is 0 Å². The molecule has 0 N–H and O–H groups in total. The summed E-state index contributed by atoms with van der Waals surface area (Å²) in [6.07, 6.45) is 17.1. The Labute approximate surface area is 140 Å². The molecule has 0 saturated heterocycles. The summed E-state index contributed by atoms with van der Waals surface area (Å²) < 4.78 is 5.22. The summed E-state index contributed by atoms with van der Waals surface area (Å²) in [7, 11) is 0. The Bertz CT molecular complexity index is 219. The van der Waals surface area contributed by atoms with Gasteiger partial charge in [0.1, 0.15) is 0 Å². The van der Waals surface area contributed by atoms with E-state index in [9.17, 15) is 4.79 Å². The molecule has 0 aliphatic rings. The summed E-state index contributed by atoms with van der Waals surface area (Å²) in [5.74, 6) is -0.0250. The molecule has 2 nitrogen and oxygen atoms in total. The van der Waals surface area contributed by atoms with Gasteiger partial charge in [0.25, 0.3) is 0 Å². The lowest BCUT2D eigenvalue weighted by atomic mass is 10.1. The number of ether oxygens (including phenoxy) is 1. The van der Waals surface area contributed by atoms with E-state index in [2.05, 4.69) is 22.9 Å². The van der Waals surface area contributed by atoms with E-state index in [1.165, 1.54) is 64.2 Å². The SMILES string of the molecule is CCCCCCCCCCCCCOC(=O)CCCCBr. The van der Waals surface area contributed by atoms with Crippen molar-refractivity contribution in [3.63, 3.8) is 0 Å².